The molecule has 10 nitrogen and oxygen atoms in total. The number of carbonyl (C=O) groups excluding carboxylic acids is 3. The molecular formula is C26H20BrN3O7. The van der Waals surface area contributed by atoms with Gasteiger partial charge < -0.3 is 23.9 Å². The molecule has 1 N–H and O–H groups in total. The second-order valence-corrected chi connectivity index (χ2v) is 8.64. The third-order valence-corrected chi connectivity index (χ3v) is 5.86. The summed E-state index contributed by atoms with van der Waals surface area (Å²) < 4.78 is 22.1. The topological polar surface area (TPSA) is 131 Å². The average Bonchev–Trinajstić information content (AvgIpc) is 3.47. The molecule has 0 atom stereocenters. The van der Waals surface area contributed by atoms with Gasteiger partial charge in [0.2, 0.25) is 5.76 Å². The smallest absolute Gasteiger partial charge is 0.373 e. The number of furan rings is 1. The molecule has 1 aliphatic heterocycles. The average molecular weight is 566 g/mol. The van der Waals surface area contributed by atoms with Crippen molar-refractivity contribution in [2.75, 3.05) is 14.2 Å². The lowest BCUT2D eigenvalue weighted by atomic mass is 10.1. The summed E-state index contributed by atoms with van der Waals surface area (Å²) in [6, 6.07) is 14.8. The van der Waals surface area contributed by atoms with E-state index in [9.17, 15) is 19.6 Å². The van der Waals surface area contributed by atoms with Gasteiger partial charge in [-0.25, -0.2) is 9.59 Å². The third kappa shape index (κ3) is 5.49. The number of ether oxygens (including phenoxy) is 3. The Bertz CT molecular complexity index is 1450. The van der Waals surface area contributed by atoms with E-state index in [1.54, 1.807) is 36.4 Å². The minimum absolute atomic E-state index is 0.00664. The molecule has 1 fully saturated rings. The molecular weight excluding hydrogens is 546 g/mol. The zero-order chi connectivity index (χ0) is 26.5. The first kappa shape index (κ1) is 25.5. The SMILES string of the molecule is COC(=O)c1ccc(CN2C(=O)N/C(=C/c3cc(Br)cc(OC)c3OCc3ccccc3C#N)C2=O)o1. The van der Waals surface area contributed by atoms with E-state index in [0.717, 1.165) is 4.90 Å². The Labute approximate surface area is 220 Å². The van der Waals surface area contributed by atoms with Crippen molar-refractivity contribution in [3.05, 3.63) is 86.9 Å². The number of nitriles is 1. The van der Waals surface area contributed by atoms with E-state index in [0.29, 0.717) is 32.7 Å². The minimum atomic E-state index is -0.669. The number of amides is 3. The highest BCUT2D eigenvalue weighted by Gasteiger charge is 2.35. The molecule has 188 valence electrons. The molecule has 3 aromatic rings. The first-order chi connectivity index (χ1) is 17.8. The highest BCUT2D eigenvalue weighted by molar-refractivity contribution is 9.10. The van der Waals surface area contributed by atoms with Crippen LogP contribution in [0.25, 0.3) is 6.08 Å². The van der Waals surface area contributed by atoms with Crippen LogP contribution in [0, 0.1) is 11.3 Å². The lowest BCUT2D eigenvalue weighted by molar-refractivity contribution is -0.123. The Morgan fingerprint density at radius 3 is 2.70 bits per heavy atom. The number of rotatable bonds is 8. The van der Waals surface area contributed by atoms with E-state index in [2.05, 4.69) is 32.1 Å². The fraction of sp³-hybridized carbons (Fsp3) is 0.154. The van der Waals surface area contributed by atoms with Crippen molar-refractivity contribution in [1.82, 2.24) is 10.2 Å². The van der Waals surface area contributed by atoms with Gasteiger partial charge in [-0.15, -0.1) is 0 Å². The van der Waals surface area contributed by atoms with E-state index in [1.807, 2.05) is 0 Å². The zero-order valence-electron chi connectivity index (χ0n) is 19.7. The lowest BCUT2D eigenvalue weighted by Gasteiger charge is -2.15. The van der Waals surface area contributed by atoms with Crippen molar-refractivity contribution < 1.29 is 33.0 Å². The van der Waals surface area contributed by atoms with Crippen LogP contribution in [0.3, 0.4) is 0 Å². The number of nitrogens with zero attached hydrogens (tertiary/aromatic N) is 2. The summed E-state index contributed by atoms with van der Waals surface area (Å²) >= 11 is 3.42. The number of urea groups is 1. The van der Waals surface area contributed by atoms with Crippen molar-refractivity contribution in [3.63, 3.8) is 0 Å². The van der Waals surface area contributed by atoms with Crippen molar-refractivity contribution in [2.24, 2.45) is 0 Å². The molecule has 0 unspecified atom stereocenters. The molecule has 0 spiro atoms. The normalized spacial score (nSPS) is 13.9. The van der Waals surface area contributed by atoms with Crippen LogP contribution < -0.4 is 14.8 Å². The largest absolute Gasteiger partial charge is 0.493 e. The predicted octanol–water partition coefficient (Wildman–Crippen LogP) is 4.38. The maximum atomic E-state index is 13.1. The van der Waals surface area contributed by atoms with Gasteiger partial charge in [0, 0.05) is 15.6 Å². The van der Waals surface area contributed by atoms with Gasteiger partial charge in [0.1, 0.15) is 18.1 Å². The van der Waals surface area contributed by atoms with E-state index < -0.39 is 17.9 Å². The van der Waals surface area contributed by atoms with Crippen LogP contribution in [0.15, 0.2) is 63.1 Å². The number of methoxy groups -OCH3 is 2. The molecule has 37 heavy (non-hydrogen) atoms. The highest BCUT2D eigenvalue weighted by atomic mass is 79.9. The standard InChI is InChI=1S/C26H20BrN3O7/c1-34-22-11-18(27)9-17(23(22)36-14-16-6-4-3-5-15(16)12-28)10-20-24(31)30(26(33)29-20)13-19-7-8-21(37-19)25(32)35-2/h3-11H,13-14H2,1-2H3,(H,29,33)/b20-10+. The van der Waals surface area contributed by atoms with E-state index >= 15 is 0 Å². The van der Waals surface area contributed by atoms with Crippen LogP contribution in [-0.4, -0.2) is 37.0 Å². The Morgan fingerprint density at radius 2 is 1.97 bits per heavy atom. The molecule has 1 aromatic heterocycles. The molecule has 4 rings (SSSR count). The number of benzene rings is 2. The van der Waals surface area contributed by atoms with Crippen molar-refractivity contribution >= 4 is 39.9 Å². The molecule has 2 aromatic carbocycles. The van der Waals surface area contributed by atoms with Crippen LogP contribution in [0.4, 0.5) is 4.79 Å². The number of carbonyl (C=O) groups is 3. The Balaban J connectivity index is 1.61. The maximum absolute atomic E-state index is 13.1. The molecule has 0 bridgehead atoms. The number of hydrogen-bond donors (Lipinski definition) is 1. The molecule has 2 heterocycles. The second kappa shape index (κ2) is 11.0. The number of hydrogen-bond acceptors (Lipinski definition) is 8. The first-order valence-corrected chi connectivity index (χ1v) is 11.6. The van der Waals surface area contributed by atoms with Gasteiger partial charge in [0.05, 0.1) is 32.4 Å². The Hall–Kier alpha value is -4.56. The summed E-state index contributed by atoms with van der Waals surface area (Å²) in [4.78, 5) is 38.2. The lowest BCUT2D eigenvalue weighted by Crippen LogP contribution is -2.30. The van der Waals surface area contributed by atoms with Gasteiger partial charge in [0.25, 0.3) is 5.91 Å². The predicted molar refractivity (Wildman–Crippen MR) is 133 cm³/mol. The monoisotopic (exact) mass is 565 g/mol. The molecule has 11 heteroatoms. The fourth-order valence-corrected chi connectivity index (χ4v) is 4.06. The van der Waals surface area contributed by atoms with Gasteiger partial charge in [0.15, 0.2) is 11.5 Å². The molecule has 1 aliphatic rings. The van der Waals surface area contributed by atoms with E-state index in [1.165, 1.54) is 32.4 Å². The van der Waals surface area contributed by atoms with Gasteiger partial charge in [-0.3, -0.25) is 9.69 Å². The second-order valence-electron chi connectivity index (χ2n) is 7.72. The van der Waals surface area contributed by atoms with E-state index in [4.69, 9.17) is 13.9 Å². The van der Waals surface area contributed by atoms with Crippen molar-refractivity contribution in [2.45, 2.75) is 13.2 Å². The van der Waals surface area contributed by atoms with Gasteiger partial charge >= 0.3 is 12.0 Å². The van der Waals surface area contributed by atoms with Gasteiger partial charge in [-0.05, 0) is 36.4 Å². The van der Waals surface area contributed by atoms with Crippen LogP contribution in [-0.2, 0) is 22.7 Å². The molecule has 0 radical (unpaired) electrons. The Morgan fingerprint density at radius 1 is 1.19 bits per heavy atom. The number of esters is 1. The molecule has 0 aliphatic carbocycles. The maximum Gasteiger partial charge on any atom is 0.373 e. The quantitative estimate of drug-likeness (QED) is 0.242. The highest BCUT2D eigenvalue weighted by Crippen LogP contribution is 2.37. The van der Waals surface area contributed by atoms with Gasteiger partial charge in [-0.2, -0.15) is 5.26 Å². The van der Waals surface area contributed by atoms with E-state index in [-0.39, 0.29) is 30.4 Å². The third-order valence-electron chi connectivity index (χ3n) is 5.40. The van der Waals surface area contributed by atoms with Gasteiger partial charge in [-0.1, -0.05) is 34.1 Å². The number of imide groups is 1. The number of halogens is 1. The van der Waals surface area contributed by atoms with Crippen LogP contribution in [0.2, 0.25) is 0 Å². The summed E-state index contributed by atoms with van der Waals surface area (Å²) in [6.45, 7) is -0.111. The van der Waals surface area contributed by atoms with Crippen LogP contribution >= 0.6 is 15.9 Å². The number of nitrogens with one attached hydrogen (secondary N) is 1. The minimum Gasteiger partial charge on any atom is -0.493 e. The van der Waals surface area contributed by atoms with Crippen molar-refractivity contribution in [3.8, 4) is 17.6 Å². The summed E-state index contributed by atoms with van der Waals surface area (Å²) in [5.74, 6) is -0.371. The summed E-state index contributed by atoms with van der Waals surface area (Å²) in [5.41, 5.74) is 1.61. The summed E-state index contributed by atoms with van der Waals surface area (Å²) in [5, 5.41) is 11.9. The molecule has 0 saturated carbocycles. The Kier molecular flexibility index (Phi) is 7.60. The van der Waals surface area contributed by atoms with Crippen LogP contribution in [0.5, 0.6) is 11.5 Å². The molecule has 1 saturated heterocycles. The molecule has 3 amide bonds. The first-order valence-electron chi connectivity index (χ1n) is 10.8. The summed E-state index contributed by atoms with van der Waals surface area (Å²) in [7, 11) is 2.70. The van der Waals surface area contributed by atoms with Crippen LogP contribution in [0.1, 0.15) is 33.0 Å². The zero-order valence-corrected chi connectivity index (χ0v) is 21.3. The summed E-state index contributed by atoms with van der Waals surface area (Å²) in [6.07, 6.45) is 1.47. The fourth-order valence-electron chi connectivity index (χ4n) is 3.61. The van der Waals surface area contributed by atoms with Crippen molar-refractivity contribution in [1.29, 1.82) is 5.26 Å².